The molecular formula is C33H34ClN3O7S. The van der Waals surface area contributed by atoms with Crippen molar-refractivity contribution in [2.24, 2.45) is 5.10 Å². The molecule has 0 heterocycles. The lowest BCUT2D eigenvalue weighted by Crippen LogP contribution is -2.39. The fourth-order valence-electron chi connectivity index (χ4n) is 4.21. The van der Waals surface area contributed by atoms with Gasteiger partial charge in [0.2, 0.25) is 0 Å². The number of halogens is 1. The molecule has 4 aromatic carbocycles. The Hall–Kier alpha value is -4.74. The van der Waals surface area contributed by atoms with E-state index >= 15 is 0 Å². The summed E-state index contributed by atoms with van der Waals surface area (Å²) in [6, 6.07) is 23.5. The quantitative estimate of drug-likeness (QED) is 0.132. The predicted octanol–water partition coefficient (Wildman–Crippen LogP) is 5.99. The summed E-state index contributed by atoms with van der Waals surface area (Å²) in [4.78, 5) is 13.1. The summed E-state index contributed by atoms with van der Waals surface area (Å²) < 4.78 is 50.8. The summed E-state index contributed by atoms with van der Waals surface area (Å²) >= 11 is 5.96. The van der Waals surface area contributed by atoms with Crippen LogP contribution in [0.1, 0.15) is 23.6 Å². The van der Waals surface area contributed by atoms with Crippen LogP contribution in [0, 0.1) is 6.92 Å². The maximum Gasteiger partial charge on any atom is 0.264 e. The third-order valence-electron chi connectivity index (χ3n) is 6.53. The van der Waals surface area contributed by atoms with Gasteiger partial charge in [0.1, 0.15) is 13.2 Å². The van der Waals surface area contributed by atoms with Crippen LogP contribution >= 0.6 is 11.6 Å². The highest BCUT2D eigenvalue weighted by molar-refractivity contribution is 7.92. The van der Waals surface area contributed by atoms with E-state index in [-0.39, 0.29) is 10.6 Å². The molecule has 0 aromatic heterocycles. The molecule has 0 unspecified atom stereocenters. The van der Waals surface area contributed by atoms with Gasteiger partial charge < -0.3 is 18.9 Å². The third kappa shape index (κ3) is 8.68. The average Bonchev–Trinajstić information content (AvgIpc) is 3.04. The molecule has 12 heteroatoms. The van der Waals surface area contributed by atoms with Gasteiger partial charge in [0.25, 0.3) is 15.9 Å². The summed E-state index contributed by atoms with van der Waals surface area (Å²) in [6.45, 7) is 3.90. The second-order valence-corrected chi connectivity index (χ2v) is 12.0. The average molecular weight is 652 g/mol. The molecule has 45 heavy (non-hydrogen) atoms. The Kier molecular flexibility index (Phi) is 11.3. The first-order valence-electron chi connectivity index (χ1n) is 13.9. The minimum absolute atomic E-state index is 0.0287. The van der Waals surface area contributed by atoms with Crippen LogP contribution < -0.4 is 28.7 Å². The van der Waals surface area contributed by atoms with Crippen LogP contribution in [0.3, 0.4) is 0 Å². The van der Waals surface area contributed by atoms with Crippen molar-refractivity contribution >= 4 is 39.4 Å². The van der Waals surface area contributed by atoms with E-state index in [0.717, 1.165) is 15.4 Å². The molecule has 0 aliphatic rings. The predicted molar refractivity (Wildman–Crippen MR) is 174 cm³/mol. The first-order valence-corrected chi connectivity index (χ1v) is 15.7. The van der Waals surface area contributed by atoms with Crippen LogP contribution in [0.4, 0.5) is 5.69 Å². The van der Waals surface area contributed by atoms with E-state index in [0.29, 0.717) is 46.8 Å². The van der Waals surface area contributed by atoms with E-state index < -0.39 is 22.5 Å². The highest BCUT2D eigenvalue weighted by atomic mass is 35.5. The van der Waals surface area contributed by atoms with Crippen molar-refractivity contribution in [2.75, 3.05) is 31.7 Å². The van der Waals surface area contributed by atoms with Crippen LogP contribution in [-0.4, -0.2) is 47.9 Å². The van der Waals surface area contributed by atoms with Gasteiger partial charge in [0, 0.05) is 11.1 Å². The lowest BCUT2D eigenvalue weighted by atomic mass is 10.2. The lowest BCUT2D eigenvalue weighted by molar-refractivity contribution is -0.119. The number of amides is 1. The van der Waals surface area contributed by atoms with E-state index in [1.165, 1.54) is 44.7 Å². The number of benzene rings is 4. The van der Waals surface area contributed by atoms with Gasteiger partial charge in [-0.3, -0.25) is 9.10 Å². The SMILES string of the molecule is CCOc1cc(/C=N\NC(=O)CN(c2ccc(OC)c(OC)c2)S(=O)(=O)c2ccc(C)cc2)ccc1OCc1ccc(Cl)cc1. The Morgan fingerprint density at radius 2 is 1.56 bits per heavy atom. The minimum atomic E-state index is -4.14. The molecule has 0 bridgehead atoms. The largest absolute Gasteiger partial charge is 0.493 e. The number of hydrazone groups is 1. The fraction of sp³-hybridized carbons (Fsp3) is 0.212. The van der Waals surface area contributed by atoms with Crippen molar-refractivity contribution in [3.05, 3.63) is 107 Å². The standard InChI is InChI=1S/C33H34ClN3O7S/c1-5-43-32-18-25(10-16-30(32)44-22-24-8-11-26(34)12-9-24)20-35-36-33(38)21-37(27-13-17-29(41-3)31(19-27)42-4)45(39,40)28-14-6-23(2)7-15-28/h6-20H,5,21-22H2,1-4H3,(H,36,38)/b35-20-. The lowest BCUT2D eigenvalue weighted by Gasteiger charge is -2.24. The minimum Gasteiger partial charge on any atom is -0.493 e. The van der Waals surface area contributed by atoms with Crippen LogP contribution in [0.15, 0.2) is 94.9 Å². The van der Waals surface area contributed by atoms with Crippen molar-refractivity contribution in [1.29, 1.82) is 0 Å². The number of sulfonamides is 1. The second-order valence-electron chi connectivity index (χ2n) is 9.71. The van der Waals surface area contributed by atoms with Crippen LogP contribution in [0.25, 0.3) is 0 Å². The molecule has 0 atom stereocenters. The van der Waals surface area contributed by atoms with Crippen LogP contribution in [0.2, 0.25) is 5.02 Å². The molecule has 1 N–H and O–H groups in total. The number of hydrogen-bond acceptors (Lipinski definition) is 8. The second kappa shape index (κ2) is 15.3. The van der Waals surface area contributed by atoms with Gasteiger partial charge in [-0.1, -0.05) is 41.4 Å². The molecular weight excluding hydrogens is 618 g/mol. The van der Waals surface area contributed by atoms with E-state index in [1.54, 1.807) is 48.5 Å². The maximum atomic E-state index is 13.7. The molecule has 10 nitrogen and oxygen atoms in total. The Bertz CT molecular complexity index is 1750. The zero-order chi connectivity index (χ0) is 32.4. The molecule has 0 radical (unpaired) electrons. The number of nitrogens with one attached hydrogen (secondary N) is 1. The fourth-order valence-corrected chi connectivity index (χ4v) is 5.75. The van der Waals surface area contributed by atoms with Gasteiger partial charge in [0.05, 0.1) is 37.6 Å². The number of hydrogen-bond donors (Lipinski definition) is 1. The molecule has 1 amide bonds. The zero-order valence-corrected chi connectivity index (χ0v) is 26.9. The monoisotopic (exact) mass is 651 g/mol. The van der Waals surface area contributed by atoms with E-state index in [1.807, 2.05) is 26.0 Å². The highest BCUT2D eigenvalue weighted by Crippen LogP contribution is 2.34. The van der Waals surface area contributed by atoms with Crippen molar-refractivity contribution in [3.8, 4) is 23.0 Å². The molecule has 0 saturated carbocycles. The Morgan fingerprint density at radius 1 is 0.867 bits per heavy atom. The molecule has 236 valence electrons. The Balaban J connectivity index is 1.51. The van der Waals surface area contributed by atoms with Crippen molar-refractivity contribution in [1.82, 2.24) is 5.43 Å². The van der Waals surface area contributed by atoms with E-state index in [4.69, 9.17) is 30.5 Å². The van der Waals surface area contributed by atoms with Gasteiger partial charge in [-0.05, 0) is 79.6 Å². The molecule has 4 aromatic rings. The van der Waals surface area contributed by atoms with Crippen molar-refractivity contribution in [2.45, 2.75) is 25.3 Å². The number of ether oxygens (including phenoxy) is 4. The normalized spacial score (nSPS) is 11.2. The van der Waals surface area contributed by atoms with Gasteiger partial charge in [-0.2, -0.15) is 5.10 Å². The summed E-state index contributed by atoms with van der Waals surface area (Å²) in [5, 5.41) is 4.69. The molecule has 0 fully saturated rings. The number of rotatable bonds is 14. The van der Waals surface area contributed by atoms with Crippen molar-refractivity contribution in [3.63, 3.8) is 0 Å². The highest BCUT2D eigenvalue weighted by Gasteiger charge is 2.28. The number of methoxy groups -OCH3 is 2. The number of anilines is 1. The molecule has 0 spiro atoms. The van der Waals surface area contributed by atoms with Gasteiger partial charge in [-0.15, -0.1) is 0 Å². The molecule has 0 saturated heterocycles. The molecule has 0 aliphatic heterocycles. The number of carbonyl (C=O) groups is 1. The Labute approximate surface area is 268 Å². The third-order valence-corrected chi connectivity index (χ3v) is 8.57. The molecule has 0 aliphatic carbocycles. The summed E-state index contributed by atoms with van der Waals surface area (Å²) in [5.74, 6) is 1.11. The smallest absolute Gasteiger partial charge is 0.264 e. The summed E-state index contributed by atoms with van der Waals surface area (Å²) in [6.07, 6.45) is 1.43. The topological polar surface area (TPSA) is 116 Å². The van der Waals surface area contributed by atoms with Gasteiger partial charge in [-0.25, -0.2) is 13.8 Å². The van der Waals surface area contributed by atoms with E-state index in [9.17, 15) is 13.2 Å². The van der Waals surface area contributed by atoms with Crippen LogP contribution in [0.5, 0.6) is 23.0 Å². The first kappa shape index (κ1) is 33.2. The number of nitrogens with zero attached hydrogens (tertiary/aromatic N) is 2. The van der Waals surface area contributed by atoms with Crippen molar-refractivity contribution < 1.29 is 32.2 Å². The maximum absolute atomic E-state index is 13.7. The summed E-state index contributed by atoms with van der Waals surface area (Å²) in [5.41, 5.74) is 5.10. The zero-order valence-electron chi connectivity index (χ0n) is 25.3. The number of aryl methyl sites for hydroxylation is 1. The first-order chi connectivity index (χ1) is 21.6. The van der Waals surface area contributed by atoms with Gasteiger partial charge >= 0.3 is 0 Å². The van der Waals surface area contributed by atoms with Crippen LogP contribution in [-0.2, 0) is 21.4 Å². The number of carbonyl (C=O) groups excluding carboxylic acids is 1. The Morgan fingerprint density at radius 3 is 2.22 bits per heavy atom. The van der Waals surface area contributed by atoms with Gasteiger partial charge in [0.15, 0.2) is 23.0 Å². The summed E-state index contributed by atoms with van der Waals surface area (Å²) in [7, 11) is -1.23. The van der Waals surface area contributed by atoms with E-state index in [2.05, 4.69) is 10.5 Å². The molecule has 4 rings (SSSR count).